The highest BCUT2D eigenvalue weighted by atomic mass is 16.6. The molecule has 0 spiro atoms. The predicted octanol–water partition coefficient (Wildman–Crippen LogP) is 23.9. The molecule has 78 heavy (non-hydrogen) atoms. The number of unbranched alkanes of at least 4 members (excludes halogenated alkanes) is 48. The average Bonchev–Trinajstić information content (AvgIpc) is 3.44. The van der Waals surface area contributed by atoms with Gasteiger partial charge in [0.1, 0.15) is 13.2 Å². The van der Waals surface area contributed by atoms with Gasteiger partial charge < -0.3 is 14.2 Å². The van der Waals surface area contributed by atoms with Crippen molar-refractivity contribution in [2.24, 2.45) is 0 Å². The number of esters is 3. The molecule has 0 aromatic heterocycles. The number of carbonyl (C=O) groups is 3. The van der Waals surface area contributed by atoms with Crippen LogP contribution in [0.25, 0.3) is 0 Å². The summed E-state index contributed by atoms with van der Waals surface area (Å²) in [6.07, 6.45) is 83.3. The largest absolute Gasteiger partial charge is 0.462 e. The molecule has 0 aliphatic heterocycles. The Bertz CT molecular complexity index is 1300. The van der Waals surface area contributed by atoms with Crippen molar-refractivity contribution < 1.29 is 28.6 Å². The Hall–Kier alpha value is -2.37. The van der Waals surface area contributed by atoms with Gasteiger partial charge in [0.15, 0.2) is 6.10 Å². The van der Waals surface area contributed by atoms with Crippen LogP contribution in [0.15, 0.2) is 36.5 Å². The summed E-state index contributed by atoms with van der Waals surface area (Å²) in [5.74, 6) is -0.836. The van der Waals surface area contributed by atoms with Gasteiger partial charge in [0.2, 0.25) is 0 Å². The standard InChI is InChI=1S/C72H134O6/c1-4-7-10-13-16-19-22-24-26-28-29-30-31-32-33-34-35-36-37-38-39-40-41-42-43-44-46-47-50-53-56-59-62-65-71(74)77-68-69(67-76-70(73)64-61-58-55-52-49-21-18-15-12-9-6-3)78-72(75)66-63-60-57-54-51-48-45-27-25-23-20-17-14-11-8-5-2/h22,24,28-29,31-32,69H,4-21,23,25-27,30,33-68H2,1-3H3/b24-22-,29-28-,32-31-. The number of carbonyl (C=O) groups excluding carboxylic acids is 3. The van der Waals surface area contributed by atoms with Crippen molar-refractivity contribution in [1.29, 1.82) is 0 Å². The quantitative estimate of drug-likeness (QED) is 0.0261. The van der Waals surface area contributed by atoms with Crippen molar-refractivity contribution in [3.8, 4) is 0 Å². The van der Waals surface area contributed by atoms with Gasteiger partial charge in [-0.3, -0.25) is 14.4 Å². The zero-order valence-electron chi connectivity index (χ0n) is 52.7. The van der Waals surface area contributed by atoms with Gasteiger partial charge in [0.05, 0.1) is 0 Å². The van der Waals surface area contributed by atoms with Crippen LogP contribution in [0.5, 0.6) is 0 Å². The normalized spacial score (nSPS) is 12.2. The fourth-order valence-corrected chi connectivity index (χ4v) is 10.6. The summed E-state index contributed by atoms with van der Waals surface area (Å²) in [4.78, 5) is 38.3. The van der Waals surface area contributed by atoms with E-state index >= 15 is 0 Å². The molecule has 1 atom stereocenters. The molecule has 0 amide bonds. The molecule has 0 aliphatic rings. The first-order chi connectivity index (χ1) is 38.5. The van der Waals surface area contributed by atoms with Crippen molar-refractivity contribution in [1.82, 2.24) is 0 Å². The highest BCUT2D eigenvalue weighted by molar-refractivity contribution is 5.71. The second-order valence-corrected chi connectivity index (χ2v) is 23.8. The third-order valence-electron chi connectivity index (χ3n) is 15.9. The highest BCUT2D eigenvalue weighted by Gasteiger charge is 2.19. The lowest BCUT2D eigenvalue weighted by molar-refractivity contribution is -0.167. The molecule has 0 fully saturated rings. The molecule has 0 N–H and O–H groups in total. The highest BCUT2D eigenvalue weighted by Crippen LogP contribution is 2.18. The lowest BCUT2D eigenvalue weighted by Gasteiger charge is -2.18. The van der Waals surface area contributed by atoms with Crippen LogP contribution in [0.3, 0.4) is 0 Å². The van der Waals surface area contributed by atoms with E-state index < -0.39 is 6.10 Å². The summed E-state index contributed by atoms with van der Waals surface area (Å²) in [6.45, 7) is 6.69. The monoisotopic (exact) mass is 1100 g/mol. The minimum Gasteiger partial charge on any atom is -0.462 e. The van der Waals surface area contributed by atoms with E-state index in [1.54, 1.807) is 0 Å². The van der Waals surface area contributed by atoms with Crippen LogP contribution in [-0.2, 0) is 28.6 Å². The Balaban J connectivity index is 4.07. The number of hydrogen-bond donors (Lipinski definition) is 0. The van der Waals surface area contributed by atoms with E-state index in [1.165, 1.54) is 276 Å². The Morgan fingerprint density at radius 3 is 0.718 bits per heavy atom. The Morgan fingerprint density at radius 1 is 0.256 bits per heavy atom. The molecule has 458 valence electrons. The van der Waals surface area contributed by atoms with Crippen molar-refractivity contribution in [2.45, 2.75) is 393 Å². The van der Waals surface area contributed by atoms with Crippen molar-refractivity contribution in [2.75, 3.05) is 13.2 Å². The molecule has 1 unspecified atom stereocenters. The lowest BCUT2D eigenvalue weighted by atomic mass is 10.0. The average molecular weight is 1100 g/mol. The molecule has 0 radical (unpaired) electrons. The van der Waals surface area contributed by atoms with E-state index in [1.807, 2.05) is 0 Å². The fraction of sp³-hybridized carbons (Fsp3) is 0.875. The topological polar surface area (TPSA) is 78.9 Å². The lowest BCUT2D eigenvalue weighted by Crippen LogP contribution is -2.30. The zero-order chi connectivity index (χ0) is 56.4. The van der Waals surface area contributed by atoms with Gasteiger partial charge >= 0.3 is 17.9 Å². The summed E-state index contributed by atoms with van der Waals surface area (Å²) < 4.78 is 16.9. The Labute approximate surface area is 486 Å². The van der Waals surface area contributed by atoms with E-state index in [4.69, 9.17) is 14.2 Å². The van der Waals surface area contributed by atoms with Gasteiger partial charge in [-0.05, 0) is 57.8 Å². The van der Waals surface area contributed by atoms with Crippen LogP contribution in [0.1, 0.15) is 387 Å². The van der Waals surface area contributed by atoms with Crippen LogP contribution < -0.4 is 0 Å². The molecule has 0 bridgehead atoms. The maximum absolute atomic E-state index is 12.9. The Kier molecular flexibility index (Phi) is 65.1. The van der Waals surface area contributed by atoms with Crippen LogP contribution in [-0.4, -0.2) is 37.2 Å². The van der Waals surface area contributed by atoms with E-state index in [-0.39, 0.29) is 31.1 Å². The predicted molar refractivity (Wildman–Crippen MR) is 339 cm³/mol. The van der Waals surface area contributed by atoms with E-state index in [0.717, 1.165) is 70.6 Å². The number of rotatable bonds is 65. The molecule has 0 heterocycles. The molecule has 0 aromatic carbocycles. The molecule has 6 nitrogen and oxygen atoms in total. The molecule has 0 aliphatic carbocycles. The summed E-state index contributed by atoms with van der Waals surface area (Å²) in [5.41, 5.74) is 0. The summed E-state index contributed by atoms with van der Waals surface area (Å²) in [6, 6.07) is 0. The summed E-state index contributed by atoms with van der Waals surface area (Å²) in [5, 5.41) is 0. The molecule has 6 heteroatoms. The smallest absolute Gasteiger partial charge is 0.306 e. The molecular formula is C72H134O6. The van der Waals surface area contributed by atoms with Crippen LogP contribution in [0.4, 0.5) is 0 Å². The van der Waals surface area contributed by atoms with Crippen molar-refractivity contribution in [3.63, 3.8) is 0 Å². The van der Waals surface area contributed by atoms with Gasteiger partial charge in [0, 0.05) is 19.3 Å². The van der Waals surface area contributed by atoms with E-state index in [9.17, 15) is 14.4 Å². The van der Waals surface area contributed by atoms with Gasteiger partial charge in [-0.25, -0.2) is 0 Å². The summed E-state index contributed by atoms with van der Waals surface area (Å²) in [7, 11) is 0. The summed E-state index contributed by atoms with van der Waals surface area (Å²) >= 11 is 0. The molecule has 0 saturated heterocycles. The third kappa shape index (κ3) is 64.5. The fourth-order valence-electron chi connectivity index (χ4n) is 10.6. The van der Waals surface area contributed by atoms with E-state index in [2.05, 4.69) is 57.2 Å². The van der Waals surface area contributed by atoms with Gasteiger partial charge in [-0.15, -0.1) is 0 Å². The number of ether oxygens (including phenoxy) is 3. The van der Waals surface area contributed by atoms with Crippen LogP contribution in [0, 0.1) is 0 Å². The van der Waals surface area contributed by atoms with E-state index in [0.29, 0.717) is 19.3 Å². The van der Waals surface area contributed by atoms with Crippen LogP contribution >= 0.6 is 0 Å². The maximum Gasteiger partial charge on any atom is 0.306 e. The molecular weight excluding hydrogens is 961 g/mol. The second kappa shape index (κ2) is 67.1. The zero-order valence-corrected chi connectivity index (χ0v) is 52.7. The van der Waals surface area contributed by atoms with Crippen LogP contribution in [0.2, 0.25) is 0 Å². The Morgan fingerprint density at radius 2 is 0.462 bits per heavy atom. The first-order valence-corrected chi connectivity index (χ1v) is 35.0. The molecule has 0 saturated carbocycles. The molecule has 0 aromatic rings. The third-order valence-corrected chi connectivity index (χ3v) is 15.9. The minimum atomic E-state index is -0.766. The van der Waals surface area contributed by atoms with Crippen molar-refractivity contribution >= 4 is 17.9 Å². The number of hydrogen-bond acceptors (Lipinski definition) is 6. The minimum absolute atomic E-state index is 0.0645. The maximum atomic E-state index is 12.9. The molecule has 0 rings (SSSR count). The number of allylic oxidation sites excluding steroid dienone is 6. The first kappa shape index (κ1) is 75.6. The van der Waals surface area contributed by atoms with Gasteiger partial charge in [-0.1, -0.05) is 346 Å². The SMILES string of the molecule is CCCCCCC/C=C\C/C=C\C/C=C\CCCCCCCCCCCCCCCCCCCCC(=O)OCC(COC(=O)CCCCCCCCCCCCC)OC(=O)CCCCCCCCCCCCCCCCCC. The van der Waals surface area contributed by atoms with Gasteiger partial charge in [0.25, 0.3) is 0 Å². The first-order valence-electron chi connectivity index (χ1n) is 35.0. The van der Waals surface area contributed by atoms with Gasteiger partial charge in [-0.2, -0.15) is 0 Å². The van der Waals surface area contributed by atoms with Crippen molar-refractivity contribution in [3.05, 3.63) is 36.5 Å². The second-order valence-electron chi connectivity index (χ2n) is 23.8.